The van der Waals surface area contributed by atoms with E-state index in [1.54, 1.807) is 11.3 Å². The van der Waals surface area contributed by atoms with Crippen LogP contribution in [0.25, 0.3) is 0 Å². The lowest BCUT2D eigenvalue weighted by Gasteiger charge is -2.20. The molecule has 1 saturated carbocycles. The highest BCUT2D eigenvalue weighted by Gasteiger charge is 2.22. The molecule has 0 saturated heterocycles. The van der Waals surface area contributed by atoms with E-state index in [9.17, 15) is 0 Å². The number of rotatable bonds is 4. The third kappa shape index (κ3) is 3.03. The van der Waals surface area contributed by atoms with Gasteiger partial charge in [-0.15, -0.1) is 11.3 Å². The van der Waals surface area contributed by atoms with Gasteiger partial charge in [0.1, 0.15) is 0 Å². The number of hydrogen-bond donors (Lipinski definition) is 1. The third-order valence-electron chi connectivity index (χ3n) is 3.41. The molecule has 0 bridgehead atoms. The van der Waals surface area contributed by atoms with E-state index in [1.165, 1.54) is 36.4 Å². The second-order valence-corrected chi connectivity index (χ2v) is 5.94. The molecule has 1 aromatic rings. The number of hydrogen-bond acceptors (Lipinski definition) is 4. The zero-order chi connectivity index (χ0) is 11.5. The minimum Gasteiger partial charge on any atom is -0.328 e. The van der Waals surface area contributed by atoms with E-state index in [0.29, 0.717) is 6.04 Å². The van der Waals surface area contributed by atoms with Gasteiger partial charge in [-0.2, -0.15) is 0 Å². The topological polar surface area (TPSA) is 42.2 Å². The monoisotopic (exact) mass is 239 g/mol. The number of thiazole rings is 1. The van der Waals surface area contributed by atoms with E-state index < -0.39 is 0 Å². The van der Waals surface area contributed by atoms with E-state index in [2.05, 4.69) is 23.9 Å². The van der Waals surface area contributed by atoms with Crippen LogP contribution in [0.5, 0.6) is 0 Å². The fourth-order valence-electron chi connectivity index (χ4n) is 2.51. The first-order valence-electron chi connectivity index (χ1n) is 5.98. The first-order chi connectivity index (χ1) is 7.65. The Morgan fingerprint density at radius 1 is 1.56 bits per heavy atom. The Hall–Kier alpha value is -0.450. The lowest BCUT2D eigenvalue weighted by molar-refractivity contribution is 0.271. The Kier molecular flexibility index (Phi) is 3.95. The predicted molar refractivity (Wildman–Crippen MR) is 68.5 cm³/mol. The van der Waals surface area contributed by atoms with Gasteiger partial charge in [0, 0.05) is 24.0 Å². The van der Waals surface area contributed by atoms with Crippen LogP contribution in [-0.2, 0) is 6.54 Å². The highest BCUT2D eigenvalue weighted by Crippen LogP contribution is 2.25. The average Bonchev–Trinajstić information content (AvgIpc) is 2.77. The minimum absolute atomic E-state index is 0.448. The zero-order valence-corrected chi connectivity index (χ0v) is 11.0. The molecule has 2 unspecified atom stereocenters. The number of aromatic nitrogens is 1. The smallest absolute Gasteiger partial charge is 0.0798 e. The third-order valence-corrected chi connectivity index (χ3v) is 4.33. The molecule has 1 heterocycles. The van der Waals surface area contributed by atoms with Gasteiger partial charge in [0.2, 0.25) is 0 Å². The normalized spacial score (nSPS) is 25.5. The van der Waals surface area contributed by atoms with Crippen molar-refractivity contribution in [1.82, 2.24) is 9.88 Å². The molecule has 3 nitrogen and oxygen atoms in total. The van der Waals surface area contributed by atoms with Crippen LogP contribution in [0.15, 0.2) is 5.51 Å². The van der Waals surface area contributed by atoms with E-state index in [-0.39, 0.29) is 0 Å². The summed E-state index contributed by atoms with van der Waals surface area (Å²) in [7, 11) is 2.20. The Balaban J connectivity index is 1.80. The summed E-state index contributed by atoms with van der Waals surface area (Å²) in [4.78, 5) is 8.08. The van der Waals surface area contributed by atoms with E-state index in [4.69, 9.17) is 5.73 Å². The number of aryl methyl sites for hydroxylation is 1. The Bertz CT molecular complexity index is 337. The lowest BCUT2D eigenvalue weighted by Crippen LogP contribution is -2.25. The molecule has 1 aliphatic carbocycles. The summed E-state index contributed by atoms with van der Waals surface area (Å²) >= 11 is 1.76. The van der Waals surface area contributed by atoms with E-state index in [1.807, 2.05) is 5.51 Å². The first-order valence-corrected chi connectivity index (χ1v) is 6.86. The van der Waals surface area contributed by atoms with Gasteiger partial charge in [0.25, 0.3) is 0 Å². The molecule has 2 N–H and O–H groups in total. The van der Waals surface area contributed by atoms with Gasteiger partial charge >= 0.3 is 0 Å². The Morgan fingerprint density at radius 2 is 2.38 bits per heavy atom. The summed E-state index contributed by atoms with van der Waals surface area (Å²) in [5.74, 6) is 0.799. The molecule has 0 aliphatic heterocycles. The van der Waals surface area contributed by atoms with E-state index >= 15 is 0 Å². The summed E-state index contributed by atoms with van der Waals surface area (Å²) in [6.45, 7) is 4.29. The summed E-state index contributed by atoms with van der Waals surface area (Å²) in [6.07, 6.45) is 3.71. The van der Waals surface area contributed by atoms with Gasteiger partial charge in [-0.25, -0.2) is 4.98 Å². The molecule has 16 heavy (non-hydrogen) atoms. The van der Waals surface area contributed by atoms with E-state index in [0.717, 1.165) is 12.5 Å². The van der Waals surface area contributed by atoms with Gasteiger partial charge in [-0.05, 0) is 39.2 Å². The Labute approximate surface area is 102 Å². The second kappa shape index (κ2) is 5.25. The fourth-order valence-corrected chi connectivity index (χ4v) is 3.36. The number of nitrogens with zero attached hydrogens (tertiary/aromatic N) is 2. The highest BCUT2D eigenvalue weighted by molar-refractivity contribution is 7.09. The summed E-state index contributed by atoms with van der Waals surface area (Å²) in [6, 6.07) is 0.448. The van der Waals surface area contributed by atoms with Crippen molar-refractivity contribution < 1.29 is 0 Å². The second-order valence-electron chi connectivity index (χ2n) is 5.00. The van der Waals surface area contributed by atoms with Gasteiger partial charge in [0.05, 0.1) is 11.2 Å². The van der Waals surface area contributed by atoms with Gasteiger partial charge in [-0.3, -0.25) is 0 Å². The first kappa shape index (κ1) is 12.0. The quantitative estimate of drug-likeness (QED) is 0.874. The molecular formula is C12H21N3S. The summed E-state index contributed by atoms with van der Waals surface area (Å²) in [5, 5.41) is 0. The molecule has 1 aliphatic rings. The minimum atomic E-state index is 0.448. The maximum absolute atomic E-state index is 5.93. The molecule has 0 radical (unpaired) electrons. The molecule has 0 spiro atoms. The van der Waals surface area contributed by atoms with Gasteiger partial charge in [-0.1, -0.05) is 0 Å². The molecule has 90 valence electrons. The maximum atomic E-state index is 5.93. The molecule has 1 aromatic heterocycles. The lowest BCUT2D eigenvalue weighted by atomic mass is 10.1. The molecule has 0 aromatic carbocycles. The van der Waals surface area contributed by atoms with Crippen molar-refractivity contribution in [2.75, 3.05) is 13.6 Å². The maximum Gasteiger partial charge on any atom is 0.0798 e. The molecule has 0 amide bonds. The molecule has 1 fully saturated rings. The van der Waals surface area contributed by atoms with Crippen molar-refractivity contribution in [2.24, 2.45) is 11.7 Å². The standard InChI is InChI=1S/C12H21N3S/c1-9-12(16-8-14-9)7-15(2)6-10-3-4-11(13)5-10/h8,10-11H,3-7,13H2,1-2H3. The van der Waals surface area contributed by atoms with Crippen LogP contribution in [0, 0.1) is 12.8 Å². The summed E-state index contributed by atoms with van der Waals surface area (Å²) < 4.78 is 0. The van der Waals surface area contributed by atoms with Crippen molar-refractivity contribution in [1.29, 1.82) is 0 Å². The van der Waals surface area contributed by atoms with Crippen LogP contribution in [0.4, 0.5) is 0 Å². The largest absolute Gasteiger partial charge is 0.328 e. The summed E-state index contributed by atoms with van der Waals surface area (Å²) in [5.41, 5.74) is 9.05. The molecular weight excluding hydrogens is 218 g/mol. The van der Waals surface area contributed by atoms with Crippen LogP contribution < -0.4 is 5.73 Å². The van der Waals surface area contributed by atoms with Crippen molar-refractivity contribution in [3.8, 4) is 0 Å². The highest BCUT2D eigenvalue weighted by atomic mass is 32.1. The van der Waals surface area contributed by atoms with Crippen LogP contribution in [0.1, 0.15) is 29.8 Å². The van der Waals surface area contributed by atoms with Gasteiger partial charge in [0.15, 0.2) is 0 Å². The van der Waals surface area contributed by atoms with Crippen LogP contribution in [0.3, 0.4) is 0 Å². The predicted octanol–water partition coefficient (Wildman–Crippen LogP) is 2.01. The Morgan fingerprint density at radius 3 is 2.94 bits per heavy atom. The van der Waals surface area contributed by atoms with Crippen LogP contribution in [0.2, 0.25) is 0 Å². The molecule has 2 atom stereocenters. The average molecular weight is 239 g/mol. The number of nitrogens with two attached hydrogens (primary N) is 1. The van der Waals surface area contributed by atoms with Crippen LogP contribution >= 0.6 is 11.3 Å². The van der Waals surface area contributed by atoms with Gasteiger partial charge < -0.3 is 10.6 Å². The SMILES string of the molecule is Cc1ncsc1CN(C)CC1CCC(N)C1. The zero-order valence-electron chi connectivity index (χ0n) is 10.1. The van der Waals surface area contributed by atoms with Crippen LogP contribution in [-0.4, -0.2) is 29.5 Å². The van der Waals surface area contributed by atoms with Crippen molar-refractivity contribution >= 4 is 11.3 Å². The fraction of sp³-hybridized carbons (Fsp3) is 0.750. The molecule has 2 rings (SSSR count). The molecule has 4 heteroatoms. The van der Waals surface area contributed by atoms with Crippen molar-refractivity contribution in [3.63, 3.8) is 0 Å². The van der Waals surface area contributed by atoms with Crippen molar-refractivity contribution in [3.05, 3.63) is 16.1 Å². The van der Waals surface area contributed by atoms with Crippen molar-refractivity contribution in [2.45, 2.75) is 38.8 Å².